The van der Waals surface area contributed by atoms with Gasteiger partial charge in [0.15, 0.2) is 0 Å². The predicted octanol–water partition coefficient (Wildman–Crippen LogP) is 3.58. The molecule has 1 aromatic rings. The van der Waals surface area contributed by atoms with Crippen LogP contribution in [0.3, 0.4) is 0 Å². The summed E-state index contributed by atoms with van der Waals surface area (Å²) < 4.78 is 5.32. The van der Waals surface area contributed by atoms with Gasteiger partial charge in [-0.3, -0.25) is 4.90 Å². The molecule has 0 aliphatic carbocycles. The third-order valence-corrected chi connectivity index (χ3v) is 4.81. The van der Waals surface area contributed by atoms with E-state index in [0.717, 1.165) is 18.0 Å². The number of amides is 1. The molecular formula is C16H27N3O2S. The summed E-state index contributed by atoms with van der Waals surface area (Å²) in [6, 6.07) is 0.644. The van der Waals surface area contributed by atoms with E-state index in [0.29, 0.717) is 18.6 Å². The largest absolute Gasteiger partial charge is 0.444 e. The Balaban J connectivity index is 1.91. The average Bonchev–Trinajstić information content (AvgIpc) is 2.97. The molecule has 5 nitrogen and oxygen atoms in total. The molecule has 1 saturated heterocycles. The van der Waals surface area contributed by atoms with Gasteiger partial charge in [-0.1, -0.05) is 6.42 Å². The summed E-state index contributed by atoms with van der Waals surface area (Å²) in [5.41, 5.74) is -0.454. The normalized spacial score (nSPS) is 21.4. The van der Waals surface area contributed by atoms with Crippen molar-refractivity contribution in [3.63, 3.8) is 0 Å². The van der Waals surface area contributed by atoms with Gasteiger partial charge in [0.1, 0.15) is 10.6 Å². The number of aromatic nitrogens is 1. The third-order valence-electron chi connectivity index (χ3n) is 3.86. The van der Waals surface area contributed by atoms with Crippen LogP contribution >= 0.6 is 11.3 Å². The van der Waals surface area contributed by atoms with Crippen LogP contribution in [0.1, 0.15) is 58.0 Å². The number of piperidine rings is 1. The van der Waals surface area contributed by atoms with Crippen LogP contribution in [0.15, 0.2) is 11.6 Å². The Morgan fingerprint density at radius 3 is 2.95 bits per heavy atom. The van der Waals surface area contributed by atoms with Crippen molar-refractivity contribution in [3.8, 4) is 0 Å². The predicted molar refractivity (Wildman–Crippen MR) is 89.1 cm³/mol. The molecule has 1 fully saturated rings. The molecule has 0 spiro atoms. The Morgan fingerprint density at radius 2 is 2.32 bits per heavy atom. The second-order valence-electron chi connectivity index (χ2n) is 6.82. The van der Waals surface area contributed by atoms with E-state index in [2.05, 4.69) is 22.1 Å². The molecule has 0 aromatic carbocycles. The molecule has 2 unspecified atom stereocenters. The van der Waals surface area contributed by atoms with Gasteiger partial charge in [-0.15, -0.1) is 11.3 Å². The quantitative estimate of drug-likeness (QED) is 0.919. The van der Waals surface area contributed by atoms with E-state index in [9.17, 15) is 4.79 Å². The lowest BCUT2D eigenvalue weighted by Gasteiger charge is -2.39. The second-order valence-corrected chi connectivity index (χ2v) is 7.74. The molecule has 1 aromatic heterocycles. The van der Waals surface area contributed by atoms with Gasteiger partial charge in [-0.2, -0.15) is 0 Å². The van der Waals surface area contributed by atoms with E-state index in [4.69, 9.17) is 4.74 Å². The number of thiazole rings is 1. The van der Waals surface area contributed by atoms with Gasteiger partial charge in [0.2, 0.25) is 0 Å². The molecule has 1 aliphatic rings. The summed E-state index contributed by atoms with van der Waals surface area (Å²) in [6.45, 7) is 9.52. The first-order chi connectivity index (χ1) is 10.4. The van der Waals surface area contributed by atoms with E-state index in [1.165, 1.54) is 12.8 Å². The lowest BCUT2D eigenvalue weighted by molar-refractivity contribution is 0.0472. The van der Waals surface area contributed by atoms with Crippen LogP contribution in [0.5, 0.6) is 0 Å². The summed E-state index contributed by atoms with van der Waals surface area (Å²) in [5, 5.41) is 6.08. The minimum Gasteiger partial charge on any atom is -0.444 e. The zero-order chi connectivity index (χ0) is 16.2. The number of nitrogens with zero attached hydrogens (tertiary/aromatic N) is 2. The minimum absolute atomic E-state index is 0.297. The number of rotatable bonds is 4. The molecule has 6 heteroatoms. The number of likely N-dealkylation sites (tertiary alicyclic amines) is 1. The third kappa shape index (κ3) is 4.95. The van der Waals surface area contributed by atoms with Crippen molar-refractivity contribution >= 4 is 17.4 Å². The molecule has 2 rings (SSSR count). The average molecular weight is 325 g/mol. The highest BCUT2D eigenvalue weighted by Crippen LogP contribution is 2.29. The molecular weight excluding hydrogens is 298 g/mol. The number of ether oxygens (including phenoxy) is 1. The lowest BCUT2D eigenvalue weighted by Crippen LogP contribution is -2.48. The summed E-state index contributed by atoms with van der Waals surface area (Å²) in [4.78, 5) is 18.7. The summed E-state index contributed by atoms with van der Waals surface area (Å²) in [5.74, 6) is 0. The van der Waals surface area contributed by atoms with E-state index in [1.54, 1.807) is 11.3 Å². The second kappa shape index (κ2) is 7.42. The van der Waals surface area contributed by atoms with Gasteiger partial charge in [-0.05, 0) is 47.1 Å². The van der Waals surface area contributed by atoms with Crippen molar-refractivity contribution in [2.45, 2.75) is 64.6 Å². The zero-order valence-corrected chi connectivity index (χ0v) is 14.8. The molecule has 124 valence electrons. The first-order valence-electron chi connectivity index (χ1n) is 7.99. The van der Waals surface area contributed by atoms with Gasteiger partial charge < -0.3 is 10.1 Å². The van der Waals surface area contributed by atoms with E-state index >= 15 is 0 Å². The van der Waals surface area contributed by atoms with Crippen LogP contribution in [0.25, 0.3) is 0 Å². The fourth-order valence-electron chi connectivity index (χ4n) is 2.85. The number of nitrogens with one attached hydrogen (secondary N) is 1. The van der Waals surface area contributed by atoms with Crippen molar-refractivity contribution in [3.05, 3.63) is 16.6 Å². The fourth-order valence-corrected chi connectivity index (χ4v) is 3.57. The van der Waals surface area contributed by atoms with Crippen molar-refractivity contribution in [2.75, 3.05) is 13.1 Å². The molecule has 0 radical (unpaired) electrons. The van der Waals surface area contributed by atoms with Crippen LogP contribution in [-0.2, 0) is 4.74 Å². The maximum Gasteiger partial charge on any atom is 0.407 e. The maximum absolute atomic E-state index is 11.8. The van der Waals surface area contributed by atoms with Crippen LogP contribution < -0.4 is 5.32 Å². The molecule has 22 heavy (non-hydrogen) atoms. The number of carbonyl (C=O) groups excluding carboxylic acids is 1. The molecule has 0 saturated carbocycles. The van der Waals surface area contributed by atoms with E-state index in [1.807, 2.05) is 32.3 Å². The first kappa shape index (κ1) is 17.2. The van der Waals surface area contributed by atoms with Crippen molar-refractivity contribution in [2.24, 2.45) is 0 Å². The van der Waals surface area contributed by atoms with E-state index < -0.39 is 5.60 Å². The maximum atomic E-state index is 11.8. The first-order valence-corrected chi connectivity index (χ1v) is 8.87. The number of carbonyl (C=O) groups is 1. The Labute approximate surface area is 137 Å². The molecule has 2 atom stereocenters. The van der Waals surface area contributed by atoms with Gasteiger partial charge in [0, 0.05) is 24.2 Å². The molecule has 0 bridgehead atoms. The Hall–Kier alpha value is -1.14. The van der Waals surface area contributed by atoms with Crippen LogP contribution in [-0.4, -0.2) is 40.7 Å². The smallest absolute Gasteiger partial charge is 0.407 e. The highest BCUT2D eigenvalue weighted by atomic mass is 32.1. The topological polar surface area (TPSA) is 54.5 Å². The Morgan fingerprint density at radius 1 is 1.55 bits per heavy atom. The summed E-state index contributed by atoms with van der Waals surface area (Å²) in [7, 11) is 0. The number of hydrogen-bond donors (Lipinski definition) is 1. The Kier molecular flexibility index (Phi) is 5.81. The van der Waals surface area contributed by atoms with Crippen LogP contribution in [0, 0.1) is 0 Å². The molecule has 2 heterocycles. The SMILES string of the molecule is CC(c1nccs1)N1CCCCC1CNC(=O)OC(C)(C)C. The van der Waals surface area contributed by atoms with Crippen LogP contribution in [0.4, 0.5) is 4.79 Å². The van der Waals surface area contributed by atoms with Gasteiger partial charge in [-0.25, -0.2) is 9.78 Å². The fraction of sp³-hybridized carbons (Fsp3) is 0.750. The zero-order valence-electron chi connectivity index (χ0n) is 14.0. The van der Waals surface area contributed by atoms with E-state index in [-0.39, 0.29) is 6.09 Å². The van der Waals surface area contributed by atoms with Crippen molar-refractivity contribution < 1.29 is 9.53 Å². The molecule has 1 aliphatic heterocycles. The molecule has 1 amide bonds. The minimum atomic E-state index is -0.454. The highest BCUT2D eigenvalue weighted by molar-refractivity contribution is 7.09. The summed E-state index contributed by atoms with van der Waals surface area (Å²) in [6.07, 6.45) is 5.04. The van der Waals surface area contributed by atoms with Crippen LogP contribution in [0.2, 0.25) is 0 Å². The number of alkyl carbamates (subject to hydrolysis) is 1. The van der Waals surface area contributed by atoms with Gasteiger partial charge in [0.05, 0.1) is 6.04 Å². The van der Waals surface area contributed by atoms with Crippen molar-refractivity contribution in [1.29, 1.82) is 0 Å². The van der Waals surface area contributed by atoms with Gasteiger partial charge >= 0.3 is 6.09 Å². The van der Waals surface area contributed by atoms with Crippen molar-refractivity contribution in [1.82, 2.24) is 15.2 Å². The monoisotopic (exact) mass is 325 g/mol. The molecule has 1 N–H and O–H groups in total. The Bertz CT molecular complexity index is 470. The lowest BCUT2D eigenvalue weighted by atomic mass is 10.00. The standard InChI is InChI=1S/C16H27N3O2S/c1-12(14-17-8-10-22-14)19-9-6-5-7-13(19)11-18-15(20)21-16(2,3)4/h8,10,12-13H,5-7,9,11H2,1-4H3,(H,18,20). The highest BCUT2D eigenvalue weighted by Gasteiger charge is 2.29. The number of hydrogen-bond acceptors (Lipinski definition) is 5. The summed E-state index contributed by atoms with van der Waals surface area (Å²) >= 11 is 1.69. The van der Waals surface area contributed by atoms with Gasteiger partial charge in [0.25, 0.3) is 0 Å².